The van der Waals surface area contributed by atoms with E-state index in [1.165, 1.54) is 25.0 Å². The third kappa shape index (κ3) is 3.44. The first-order valence-electron chi connectivity index (χ1n) is 6.29. The number of ketones is 1. The molecule has 5 heteroatoms. The third-order valence-electron chi connectivity index (χ3n) is 2.96. The summed E-state index contributed by atoms with van der Waals surface area (Å²) in [6, 6.07) is 4.60. The Labute approximate surface area is 118 Å². The van der Waals surface area contributed by atoms with Crippen LogP contribution < -0.4 is 4.90 Å². The highest BCUT2D eigenvalue weighted by molar-refractivity contribution is 6.02. The molecular formula is C15H19NO4. The summed E-state index contributed by atoms with van der Waals surface area (Å²) < 4.78 is 4.66. The number of rotatable bonds is 4. The largest absolute Gasteiger partial charge is 0.465 e. The molecule has 0 atom stereocenters. The molecule has 0 saturated carbocycles. The SMILES string of the molecule is COC(=O)c1cc(C(C)=O)cc(N(C)C(=O)C(C)C)c1. The van der Waals surface area contributed by atoms with E-state index in [9.17, 15) is 14.4 Å². The van der Waals surface area contributed by atoms with Crippen LogP contribution in [0, 0.1) is 5.92 Å². The van der Waals surface area contributed by atoms with Gasteiger partial charge in [0.15, 0.2) is 5.78 Å². The number of carbonyl (C=O) groups is 3. The van der Waals surface area contributed by atoms with Crippen LogP contribution in [-0.4, -0.2) is 31.8 Å². The zero-order valence-electron chi connectivity index (χ0n) is 12.4. The Bertz CT molecular complexity index is 549. The van der Waals surface area contributed by atoms with E-state index in [-0.39, 0.29) is 23.2 Å². The van der Waals surface area contributed by atoms with Crippen molar-refractivity contribution in [3.63, 3.8) is 0 Å². The van der Waals surface area contributed by atoms with Gasteiger partial charge in [-0.2, -0.15) is 0 Å². The van der Waals surface area contributed by atoms with Crippen LogP contribution in [0.1, 0.15) is 41.5 Å². The number of Topliss-reactive ketones (excluding diaryl/α,β-unsaturated/α-hetero) is 1. The molecule has 0 N–H and O–H groups in total. The molecule has 0 aromatic heterocycles. The minimum Gasteiger partial charge on any atom is -0.465 e. The average Bonchev–Trinajstić information content (AvgIpc) is 2.43. The second kappa shape index (κ2) is 6.32. The highest BCUT2D eigenvalue weighted by Gasteiger charge is 2.18. The Hall–Kier alpha value is -2.17. The summed E-state index contributed by atoms with van der Waals surface area (Å²) in [6.07, 6.45) is 0. The van der Waals surface area contributed by atoms with Gasteiger partial charge in [-0.1, -0.05) is 13.8 Å². The van der Waals surface area contributed by atoms with E-state index in [1.807, 2.05) is 0 Å². The van der Waals surface area contributed by atoms with Crippen molar-refractivity contribution >= 4 is 23.3 Å². The predicted octanol–water partition coefficient (Wildman–Crippen LogP) is 2.29. The maximum absolute atomic E-state index is 12.0. The van der Waals surface area contributed by atoms with Crippen molar-refractivity contribution in [3.05, 3.63) is 29.3 Å². The lowest BCUT2D eigenvalue weighted by molar-refractivity contribution is -0.121. The Kier molecular flexibility index (Phi) is 5.02. The first-order chi connectivity index (χ1) is 9.27. The molecule has 1 aromatic rings. The number of ether oxygens (including phenoxy) is 1. The van der Waals surface area contributed by atoms with Gasteiger partial charge in [-0.15, -0.1) is 0 Å². The molecule has 108 valence electrons. The Morgan fingerprint density at radius 1 is 1.10 bits per heavy atom. The normalized spacial score (nSPS) is 10.3. The summed E-state index contributed by atoms with van der Waals surface area (Å²) in [5.41, 5.74) is 1.11. The lowest BCUT2D eigenvalue weighted by Crippen LogP contribution is -2.30. The third-order valence-corrected chi connectivity index (χ3v) is 2.96. The molecule has 1 aromatic carbocycles. The molecule has 1 amide bonds. The van der Waals surface area contributed by atoms with Crippen molar-refractivity contribution in [3.8, 4) is 0 Å². The van der Waals surface area contributed by atoms with Crippen molar-refractivity contribution < 1.29 is 19.1 Å². The van der Waals surface area contributed by atoms with Crippen LogP contribution in [0.3, 0.4) is 0 Å². The second-order valence-electron chi connectivity index (χ2n) is 4.87. The number of benzene rings is 1. The minimum absolute atomic E-state index is 0.0958. The number of amides is 1. The lowest BCUT2D eigenvalue weighted by atomic mass is 10.1. The van der Waals surface area contributed by atoms with Gasteiger partial charge < -0.3 is 9.64 Å². The Morgan fingerprint density at radius 3 is 2.10 bits per heavy atom. The highest BCUT2D eigenvalue weighted by Crippen LogP contribution is 2.21. The fraction of sp³-hybridized carbons (Fsp3) is 0.400. The topological polar surface area (TPSA) is 63.7 Å². The number of carbonyl (C=O) groups excluding carboxylic acids is 3. The number of nitrogens with zero attached hydrogens (tertiary/aromatic N) is 1. The van der Waals surface area contributed by atoms with Crippen molar-refractivity contribution in [2.24, 2.45) is 5.92 Å². The van der Waals surface area contributed by atoms with E-state index in [0.29, 0.717) is 11.3 Å². The number of anilines is 1. The van der Waals surface area contributed by atoms with Crippen LogP contribution in [0.15, 0.2) is 18.2 Å². The first kappa shape index (κ1) is 15.9. The summed E-state index contributed by atoms with van der Waals surface area (Å²) in [5, 5.41) is 0. The molecule has 0 heterocycles. The monoisotopic (exact) mass is 277 g/mol. The summed E-state index contributed by atoms with van der Waals surface area (Å²) >= 11 is 0. The van der Waals surface area contributed by atoms with Crippen LogP contribution in [0.4, 0.5) is 5.69 Å². The van der Waals surface area contributed by atoms with Gasteiger partial charge in [-0.05, 0) is 25.1 Å². The fourth-order valence-electron chi connectivity index (χ4n) is 1.76. The van der Waals surface area contributed by atoms with Crippen molar-refractivity contribution in [1.29, 1.82) is 0 Å². The molecule has 0 unspecified atom stereocenters. The molecule has 5 nitrogen and oxygen atoms in total. The van der Waals surface area contributed by atoms with Crippen molar-refractivity contribution in [2.45, 2.75) is 20.8 Å². The maximum atomic E-state index is 12.0. The molecule has 0 spiro atoms. The average molecular weight is 277 g/mol. The standard InChI is InChI=1S/C15H19NO4/c1-9(2)14(18)16(4)13-7-11(10(3)17)6-12(8-13)15(19)20-5/h6-9H,1-5H3. The van der Waals surface area contributed by atoms with E-state index >= 15 is 0 Å². The number of hydrogen-bond donors (Lipinski definition) is 0. The lowest BCUT2D eigenvalue weighted by Gasteiger charge is -2.20. The van der Waals surface area contributed by atoms with E-state index in [0.717, 1.165) is 0 Å². The van der Waals surface area contributed by atoms with Gasteiger partial charge >= 0.3 is 5.97 Å². The van der Waals surface area contributed by atoms with Crippen molar-refractivity contribution in [1.82, 2.24) is 0 Å². The van der Waals surface area contributed by atoms with E-state index in [2.05, 4.69) is 4.74 Å². The summed E-state index contributed by atoms with van der Waals surface area (Å²) in [4.78, 5) is 36.6. The van der Waals surface area contributed by atoms with Crippen LogP contribution in [0.25, 0.3) is 0 Å². The van der Waals surface area contributed by atoms with E-state index in [4.69, 9.17) is 0 Å². The van der Waals surface area contributed by atoms with Crippen LogP contribution in [-0.2, 0) is 9.53 Å². The molecule has 0 aliphatic carbocycles. The van der Waals surface area contributed by atoms with Gasteiger partial charge in [0.05, 0.1) is 12.7 Å². The molecule has 0 bridgehead atoms. The van der Waals surface area contributed by atoms with Gasteiger partial charge in [0, 0.05) is 24.2 Å². The Morgan fingerprint density at radius 2 is 1.65 bits per heavy atom. The highest BCUT2D eigenvalue weighted by atomic mass is 16.5. The molecule has 0 aliphatic heterocycles. The molecule has 20 heavy (non-hydrogen) atoms. The zero-order chi connectivity index (χ0) is 15.4. The Balaban J connectivity index is 3.32. The molecule has 0 fully saturated rings. The van der Waals surface area contributed by atoms with Gasteiger partial charge in [0.2, 0.25) is 5.91 Å². The van der Waals surface area contributed by atoms with Gasteiger partial charge in [0.25, 0.3) is 0 Å². The minimum atomic E-state index is -0.542. The number of methoxy groups -OCH3 is 1. The second-order valence-corrected chi connectivity index (χ2v) is 4.87. The van der Waals surface area contributed by atoms with Gasteiger partial charge in [-0.25, -0.2) is 4.79 Å². The van der Waals surface area contributed by atoms with E-state index in [1.54, 1.807) is 33.0 Å². The van der Waals surface area contributed by atoms with Gasteiger partial charge in [0.1, 0.15) is 0 Å². The maximum Gasteiger partial charge on any atom is 0.337 e. The quantitative estimate of drug-likeness (QED) is 0.625. The van der Waals surface area contributed by atoms with E-state index < -0.39 is 5.97 Å². The molecule has 0 saturated heterocycles. The summed E-state index contributed by atoms with van der Waals surface area (Å²) in [6.45, 7) is 4.98. The zero-order valence-corrected chi connectivity index (χ0v) is 12.4. The van der Waals surface area contributed by atoms with Crippen LogP contribution in [0.5, 0.6) is 0 Å². The fourth-order valence-corrected chi connectivity index (χ4v) is 1.76. The summed E-state index contributed by atoms with van der Waals surface area (Å²) in [5.74, 6) is -0.994. The van der Waals surface area contributed by atoms with Crippen molar-refractivity contribution in [2.75, 3.05) is 19.1 Å². The number of esters is 1. The first-order valence-corrected chi connectivity index (χ1v) is 6.29. The number of hydrogen-bond acceptors (Lipinski definition) is 4. The van der Waals surface area contributed by atoms with Crippen LogP contribution >= 0.6 is 0 Å². The van der Waals surface area contributed by atoms with Gasteiger partial charge in [-0.3, -0.25) is 9.59 Å². The summed E-state index contributed by atoms with van der Waals surface area (Å²) in [7, 11) is 2.88. The molecular weight excluding hydrogens is 258 g/mol. The van der Waals surface area contributed by atoms with Crippen LogP contribution in [0.2, 0.25) is 0 Å². The smallest absolute Gasteiger partial charge is 0.337 e. The molecule has 0 radical (unpaired) electrons. The molecule has 0 aliphatic rings. The molecule has 1 rings (SSSR count). The predicted molar refractivity (Wildman–Crippen MR) is 76.0 cm³/mol.